The number of urea groups is 1. The number of imide groups is 1. The van der Waals surface area contributed by atoms with Gasteiger partial charge >= 0.3 is 12.0 Å². The number of aromatic nitrogens is 2. The van der Waals surface area contributed by atoms with Crippen molar-refractivity contribution in [3.8, 4) is 5.69 Å². The lowest BCUT2D eigenvalue weighted by molar-refractivity contribution is -0.123. The van der Waals surface area contributed by atoms with Gasteiger partial charge in [0.2, 0.25) is 0 Å². The van der Waals surface area contributed by atoms with Crippen molar-refractivity contribution < 1.29 is 19.1 Å². The number of carbonyl (C=O) groups is 3. The number of rotatable bonds is 5. The second-order valence-electron chi connectivity index (χ2n) is 8.41. The van der Waals surface area contributed by atoms with Crippen molar-refractivity contribution >= 4 is 28.7 Å². The SMILES string of the molecule is C[C@H]1CCCC[C@@H]1NC(=O)NC(=O)COC(=O)c1nn(-c2ccccc2)c(=O)c2ccccc12. The molecule has 0 spiro atoms. The maximum atomic E-state index is 12.9. The summed E-state index contributed by atoms with van der Waals surface area (Å²) in [4.78, 5) is 50.1. The van der Waals surface area contributed by atoms with Gasteiger partial charge in [0.25, 0.3) is 11.5 Å². The molecule has 4 rings (SSSR count). The lowest BCUT2D eigenvalue weighted by Gasteiger charge is -2.29. The van der Waals surface area contributed by atoms with Crippen LogP contribution < -0.4 is 16.2 Å². The fourth-order valence-electron chi connectivity index (χ4n) is 4.18. The van der Waals surface area contributed by atoms with E-state index < -0.39 is 24.5 Å². The van der Waals surface area contributed by atoms with Crippen molar-refractivity contribution in [2.75, 3.05) is 6.61 Å². The molecule has 2 atom stereocenters. The topological polar surface area (TPSA) is 119 Å². The second-order valence-corrected chi connectivity index (χ2v) is 8.41. The van der Waals surface area contributed by atoms with E-state index >= 15 is 0 Å². The van der Waals surface area contributed by atoms with Crippen molar-refractivity contribution in [1.29, 1.82) is 0 Å². The number of fused-ring (bicyclic) bond motifs is 1. The lowest BCUT2D eigenvalue weighted by atomic mass is 9.86. The van der Waals surface area contributed by atoms with Gasteiger partial charge in [-0.05, 0) is 37.0 Å². The molecule has 2 N–H and O–H groups in total. The number of benzene rings is 2. The quantitative estimate of drug-likeness (QED) is 0.563. The number of nitrogens with one attached hydrogen (secondary N) is 2. The van der Waals surface area contributed by atoms with E-state index in [1.54, 1.807) is 54.6 Å². The number of hydrogen-bond acceptors (Lipinski definition) is 6. The molecule has 176 valence electrons. The predicted octanol–water partition coefficient (Wildman–Crippen LogP) is 2.95. The number of nitrogens with zero attached hydrogens (tertiary/aromatic N) is 2. The molecule has 1 aliphatic carbocycles. The molecule has 1 aliphatic rings. The van der Waals surface area contributed by atoms with Crippen LogP contribution in [0.1, 0.15) is 43.1 Å². The Morgan fingerprint density at radius 1 is 1.00 bits per heavy atom. The zero-order valence-corrected chi connectivity index (χ0v) is 18.8. The maximum absolute atomic E-state index is 12.9. The summed E-state index contributed by atoms with van der Waals surface area (Å²) in [5.74, 6) is -1.29. The molecule has 9 nitrogen and oxygen atoms in total. The zero-order chi connectivity index (χ0) is 24.1. The molecule has 3 amide bonds. The minimum atomic E-state index is -0.877. The number of ether oxygens (including phenoxy) is 1. The summed E-state index contributed by atoms with van der Waals surface area (Å²) < 4.78 is 6.25. The molecular formula is C25H26N4O5. The van der Waals surface area contributed by atoms with Gasteiger partial charge < -0.3 is 10.1 Å². The van der Waals surface area contributed by atoms with Gasteiger partial charge in [-0.2, -0.15) is 9.78 Å². The summed E-state index contributed by atoms with van der Waals surface area (Å²) in [6, 6.07) is 14.6. The highest BCUT2D eigenvalue weighted by Gasteiger charge is 2.24. The van der Waals surface area contributed by atoms with Crippen molar-refractivity contribution in [3.05, 3.63) is 70.6 Å². The van der Waals surface area contributed by atoms with Crippen molar-refractivity contribution in [2.45, 2.75) is 38.6 Å². The summed E-state index contributed by atoms with van der Waals surface area (Å²) in [5, 5.41) is 9.83. The first-order chi connectivity index (χ1) is 16.4. The van der Waals surface area contributed by atoms with E-state index in [1.165, 1.54) is 0 Å². The lowest BCUT2D eigenvalue weighted by Crippen LogP contribution is -2.48. The third-order valence-electron chi connectivity index (χ3n) is 6.01. The van der Waals surface area contributed by atoms with Gasteiger partial charge in [-0.15, -0.1) is 0 Å². The summed E-state index contributed by atoms with van der Waals surface area (Å²) in [6.45, 7) is 1.41. The molecule has 0 bridgehead atoms. The summed E-state index contributed by atoms with van der Waals surface area (Å²) in [5.41, 5.74) is -0.00398. The number of esters is 1. The molecule has 1 saturated carbocycles. The van der Waals surface area contributed by atoms with Gasteiger partial charge in [0.1, 0.15) is 0 Å². The van der Waals surface area contributed by atoms with Crippen LogP contribution in [0.5, 0.6) is 0 Å². The van der Waals surface area contributed by atoms with Gasteiger partial charge in [0, 0.05) is 11.4 Å². The van der Waals surface area contributed by atoms with Gasteiger partial charge in [0.05, 0.1) is 11.1 Å². The van der Waals surface area contributed by atoms with E-state index in [-0.39, 0.29) is 17.3 Å². The Kier molecular flexibility index (Phi) is 7.01. The van der Waals surface area contributed by atoms with E-state index in [9.17, 15) is 19.2 Å². The molecular weight excluding hydrogens is 436 g/mol. The van der Waals surface area contributed by atoms with Gasteiger partial charge in [-0.3, -0.25) is 14.9 Å². The van der Waals surface area contributed by atoms with Crippen LogP contribution in [0, 0.1) is 5.92 Å². The first kappa shape index (κ1) is 23.2. The predicted molar refractivity (Wildman–Crippen MR) is 126 cm³/mol. The van der Waals surface area contributed by atoms with Crippen LogP contribution in [0.2, 0.25) is 0 Å². The second kappa shape index (κ2) is 10.3. The molecule has 9 heteroatoms. The molecule has 0 saturated heterocycles. The molecule has 2 aromatic carbocycles. The fraction of sp³-hybridized carbons (Fsp3) is 0.320. The highest BCUT2D eigenvalue weighted by Crippen LogP contribution is 2.23. The third-order valence-corrected chi connectivity index (χ3v) is 6.01. The van der Waals surface area contributed by atoms with Crippen LogP contribution in [0.25, 0.3) is 16.5 Å². The summed E-state index contributed by atoms with van der Waals surface area (Å²) in [7, 11) is 0. The van der Waals surface area contributed by atoms with E-state index in [0.29, 0.717) is 22.4 Å². The van der Waals surface area contributed by atoms with Crippen LogP contribution in [-0.2, 0) is 9.53 Å². The van der Waals surface area contributed by atoms with Crippen LogP contribution in [0.15, 0.2) is 59.4 Å². The maximum Gasteiger partial charge on any atom is 0.359 e. The molecule has 3 aromatic rings. The fourth-order valence-corrected chi connectivity index (χ4v) is 4.18. The Bertz CT molecular complexity index is 1270. The Labute approximate surface area is 196 Å². The smallest absolute Gasteiger partial charge is 0.359 e. The monoisotopic (exact) mass is 462 g/mol. The van der Waals surface area contributed by atoms with Crippen molar-refractivity contribution in [2.24, 2.45) is 5.92 Å². The average Bonchev–Trinajstić information content (AvgIpc) is 2.85. The molecule has 34 heavy (non-hydrogen) atoms. The van der Waals surface area contributed by atoms with E-state index in [1.807, 2.05) is 0 Å². The van der Waals surface area contributed by atoms with Crippen LogP contribution >= 0.6 is 0 Å². The molecule has 1 fully saturated rings. The number of carbonyl (C=O) groups excluding carboxylic acids is 3. The van der Waals surface area contributed by atoms with E-state index in [0.717, 1.165) is 30.4 Å². The largest absolute Gasteiger partial charge is 0.451 e. The molecule has 0 radical (unpaired) electrons. The summed E-state index contributed by atoms with van der Waals surface area (Å²) in [6.07, 6.45) is 4.07. The highest BCUT2D eigenvalue weighted by atomic mass is 16.5. The van der Waals surface area contributed by atoms with Crippen LogP contribution in [-0.4, -0.2) is 40.3 Å². The van der Waals surface area contributed by atoms with Crippen molar-refractivity contribution in [3.63, 3.8) is 0 Å². The number of hydrogen-bond donors (Lipinski definition) is 2. The normalized spacial score (nSPS) is 17.7. The molecule has 1 heterocycles. The standard InChI is InChI=1S/C25H26N4O5/c1-16-9-5-8-14-20(16)26-25(33)27-21(30)15-34-24(32)22-18-12-6-7-13-19(18)23(31)29(28-22)17-10-3-2-4-11-17/h2-4,6-7,10-13,16,20H,5,8-9,14-15H2,1H3,(H2,26,27,30,33)/t16-,20-/m0/s1. The van der Waals surface area contributed by atoms with Crippen LogP contribution in [0.4, 0.5) is 4.79 Å². The Balaban J connectivity index is 1.46. The Morgan fingerprint density at radius 2 is 1.68 bits per heavy atom. The minimum Gasteiger partial charge on any atom is -0.451 e. The van der Waals surface area contributed by atoms with Gasteiger partial charge in [-0.1, -0.05) is 56.2 Å². The third kappa shape index (κ3) is 5.14. The molecule has 0 aliphatic heterocycles. The first-order valence-corrected chi connectivity index (χ1v) is 11.3. The zero-order valence-electron chi connectivity index (χ0n) is 18.8. The van der Waals surface area contributed by atoms with E-state index in [2.05, 4.69) is 22.7 Å². The highest BCUT2D eigenvalue weighted by molar-refractivity contribution is 6.03. The molecule has 0 unspecified atom stereocenters. The number of amides is 3. The first-order valence-electron chi connectivity index (χ1n) is 11.3. The van der Waals surface area contributed by atoms with Gasteiger partial charge in [-0.25, -0.2) is 9.59 Å². The van der Waals surface area contributed by atoms with Gasteiger partial charge in [0.15, 0.2) is 12.3 Å². The minimum absolute atomic E-state index is 0.0127. The van der Waals surface area contributed by atoms with E-state index in [4.69, 9.17) is 4.74 Å². The average molecular weight is 463 g/mol. The number of para-hydroxylation sites is 1. The van der Waals surface area contributed by atoms with Crippen molar-refractivity contribution in [1.82, 2.24) is 20.4 Å². The van der Waals surface area contributed by atoms with Crippen LogP contribution in [0.3, 0.4) is 0 Å². The summed E-state index contributed by atoms with van der Waals surface area (Å²) >= 11 is 0. The Hall–Kier alpha value is -4.01. The molecule has 1 aromatic heterocycles. The Morgan fingerprint density at radius 3 is 2.41 bits per heavy atom.